The standard InChI is InChI=1S/C8H12F6O3.C4H12Si/c1-2-16-3-4-17-5-6(15,7(9,10)11)8(12,13)14;1-5(2,3)4/h15H,2-5H2,1H3;1-4H3. The van der Waals surface area contributed by atoms with Crippen molar-refractivity contribution in [3.8, 4) is 0 Å². The van der Waals surface area contributed by atoms with E-state index in [1.54, 1.807) is 6.92 Å². The largest absolute Gasteiger partial charge is 0.428 e. The number of ether oxygens (including phenoxy) is 2. The van der Waals surface area contributed by atoms with E-state index in [4.69, 9.17) is 5.11 Å². The van der Waals surface area contributed by atoms with Crippen LogP contribution in [0.2, 0.25) is 26.2 Å². The van der Waals surface area contributed by atoms with Crippen LogP contribution in [0.1, 0.15) is 6.92 Å². The molecule has 22 heavy (non-hydrogen) atoms. The van der Waals surface area contributed by atoms with Crippen molar-refractivity contribution in [3.05, 3.63) is 0 Å². The van der Waals surface area contributed by atoms with Crippen LogP contribution in [0.25, 0.3) is 0 Å². The molecule has 0 aliphatic rings. The summed E-state index contributed by atoms with van der Waals surface area (Å²) in [6, 6.07) is 0. The minimum absolute atomic E-state index is 0.151. The Kier molecular flexibility index (Phi) is 9.89. The fraction of sp³-hybridized carbons (Fsp3) is 1.00. The molecule has 0 unspecified atom stereocenters. The highest BCUT2D eigenvalue weighted by molar-refractivity contribution is 6.74. The molecule has 10 heteroatoms. The van der Waals surface area contributed by atoms with Crippen LogP contribution in [-0.4, -0.2) is 57.6 Å². The first-order valence-corrected chi connectivity index (χ1v) is 10.6. The second kappa shape index (κ2) is 9.09. The van der Waals surface area contributed by atoms with Gasteiger partial charge in [-0.3, -0.25) is 0 Å². The summed E-state index contributed by atoms with van der Waals surface area (Å²) in [5.41, 5.74) is -4.85. The monoisotopic (exact) mass is 358 g/mol. The molecule has 136 valence electrons. The Labute approximate surface area is 127 Å². The molecule has 0 rings (SSSR count). The molecule has 0 saturated heterocycles. The lowest BCUT2D eigenvalue weighted by molar-refractivity contribution is -0.378. The number of alkyl halides is 6. The molecule has 0 saturated carbocycles. The Balaban J connectivity index is 0. The maximum Gasteiger partial charge on any atom is 0.428 e. The predicted molar refractivity (Wildman–Crippen MR) is 73.6 cm³/mol. The minimum Gasteiger partial charge on any atom is -0.379 e. The van der Waals surface area contributed by atoms with Crippen LogP contribution in [0.3, 0.4) is 0 Å². The molecular weight excluding hydrogens is 334 g/mol. The van der Waals surface area contributed by atoms with Gasteiger partial charge in [0.25, 0.3) is 5.60 Å². The summed E-state index contributed by atoms with van der Waals surface area (Å²) < 4.78 is 81.4. The molecule has 0 atom stereocenters. The number of halogens is 6. The molecule has 0 spiro atoms. The van der Waals surface area contributed by atoms with Crippen molar-refractivity contribution in [2.45, 2.75) is 51.1 Å². The minimum atomic E-state index is -5.85. The van der Waals surface area contributed by atoms with Crippen LogP contribution in [0.4, 0.5) is 26.3 Å². The molecule has 0 fully saturated rings. The van der Waals surface area contributed by atoms with Crippen molar-refractivity contribution >= 4 is 8.07 Å². The smallest absolute Gasteiger partial charge is 0.379 e. The summed E-state index contributed by atoms with van der Waals surface area (Å²) in [5.74, 6) is 0. The van der Waals surface area contributed by atoms with Crippen LogP contribution < -0.4 is 0 Å². The van der Waals surface area contributed by atoms with Gasteiger partial charge in [-0.1, -0.05) is 26.2 Å². The highest BCUT2D eigenvalue weighted by Crippen LogP contribution is 2.43. The maximum atomic E-state index is 12.1. The molecule has 0 aliphatic carbocycles. The van der Waals surface area contributed by atoms with Gasteiger partial charge in [0.15, 0.2) is 0 Å². The summed E-state index contributed by atoms with van der Waals surface area (Å²) in [4.78, 5) is 0. The fourth-order valence-corrected chi connectivity index (χ4v) is 0.806. The first-order valence-electron chi connectivity index (χ1n) is 6.57. The average Bonchev–Trinajstić information content (AvgIpc) is 2.23. The lowest BCUT2D eigenvalue weighted by Gasteiger charge is -2.31. The zero-order valence-electron chi connectivity index (χ0n) is 13.4. The van der Waals surface area contributed by atoms with E-state index < -0.39 is 39.2 Å². The van der Waals surface area contributed by atoms with E-state index in [2.05, 4.69) is 35.7 Å². The Morgan fingerprint density at radius 1 is 0.818 bits per heavy atom. The summed E-state index contributed by atoms with van der Waals surface area (Å²) in [6.07, 6.45) is -11.7. The van der Waals surface area contributed by atoms with Crippen LogP contribution >= 0.6 is 0 Å². The molecule has 0 radical (unpaired) electrons. The fourth-order valence-electron chi connectivity index (χ4n) is 0.806. The molecule has 0 bridgehead atoms. The molecule has 0 aromatic heterocycles. The van der Waals surface area contributed by atoms with Crippen molar-refractivity contribution < 1.29 is 40.9 Å². The molecule has 0 heterocycles. The van der Waals surface area contributed by atoms with Gasteiger partial charge in [0.1, 0.15) is 0 Å². The van der Waals surface area contributed by atoms with Gasteiger partial charge in [0, 0.05) is 14.7 Å². The van der Waals surface area contributed by atoms with Gasteiger partial charge in [0.05, 0.1) is 19.8 Å². The van der Waals surface area contributed by atoms with Crippen molar-refractivity contribution in [2.24, 2.45) is 0 Å². The third-order valence-electron chi connectivity index (χ3n) is 1.82. The number of aliphatic hydroxyl groups is 1. The van der Waals surface area contributed by atoms with Crippen LogP contribution in [0.5, 0.6) is 0 Å². The van der Waals surface area contributed by atoms with Crippen molar-refractivity contribution in [1.29, 1.82) is 0 Å². The van der Waals surface area contributed by atoms with Crippen molar-refractivity contribution in [3.63, 3.8) is 0 Å². The maximum absolute atomic E-state index is 12.1. The van der Waals surface area contributed by atoms with E-state index >= 15 is 0 Å². The second-order valence-electron chi connectivity index (χ2n) is 6.11. The van der Waals surface area contributed by atoms with Crippen molar-refractivity contribution in [2.75, 3.05) is 26.4 Å². The third-order valence-corrected chi connectivity index (χ3v) is 1.82. The number of rotatable bonds is 6. The molecular formula is C12H24F6O3Si. The van der Waals surface area contributed by atoms with Crippen molar-refractivity contribution in [1.82, 2.24) is 0 Å². The topological polar surface area (TPSA) is 38.7 Å². The molecule has 1 N–H and O–H groups in total. The van der Waals surface area contributed by atoms with Gasteiger partial charge in [-0.2, -0.15) is 26.3 Å². The number of hydrogen-bond donors (Lipinski definition) is 1. The summed E-state index contributed by atoms with van der Waals surface area (Å²) in [7, 11) is -0.611. The van der Waals surface area contributed by atoms with E-state index in [1.165, 1.54) is 0 Å². The van der Waals surface area contributed by atoms with Gasteiger partial charge in [-0.05, 0) is 6.92 Å². The van der Waals surface area contributed by atoms with E-state index in [0.29, 0.717) is 0 Å². The molecule has 0 aromatic carbocycles. The Morgan fingerprint density at radius 3 is 1.41 bits per heavy atom. The summed E-state index contributed by atoms with van der Waals surface area (Å²) in [5, 5.41) is 8.63. The van der Waals surface area contributed by atoms with Gasteiger partial charge in [-0.15, -0.1) is 0 Å². The molecule has 3 nitrogen and oxygen atoms in total. The lowest BCUT2D eigenvalue weighted by Crippen LogP contribution is -2.60. The summed E-state index contributed by atoms with van der Waals surface area (Å²) in [6.45, 7) is 8.63. The van der Waals surface area contributed by atoms with E-state index in [0.717, 1.165) is 0 Å². The molecule has 0 aliphatic heterocycles. The van der Waals surface area contributed by atoms with E-state index in [9.17, 15) is 26.3 Å². The quantitative estimate of drug-likeness (QED) is 0.445. The Hall–Kier alpha value is -0.323. The van der Waals surface area contributed by atoms with E-state index in [1.807, 2.05) is 0 Å². The van der Waals surface area contributed by atoms with Gasteiger partial charge in [0.2, 0.25) is 0 Å². The second-order valence-corrected chi connectivity index (χ2v) is 12.1. The van der Waals surface area contributed by atoms with Gasteiger partial charge < -0.3 is 14.6 Å². The normalized spacial score (nSPS) is 13.6. The highest BCUT2D eigenvalue weighted by atomic mass is 28.3. The van der Waals surface area contributed by atoms with Gasteiger partial charge in [-0.25, -0.2) is 0 Å². The Morgan fingerprint density at radius 2 is 1.14 bits per heavy atom. The Bertz CT molecular complexity index is 279. The van der Waals surface area contributed by atoms with Crippen LogP contribution in [-0.2, 0) is 9.47 Å². The third kappa shape index (κ3) is 10.4. The zero-order chi connectivity index (χ0) is 18.2. The zero-order valence-corrected chi connectivity index (χ0v) is 14.4. The lowest BCUT2D eigenvalue weighted by atomic mass is 10.1. The first-order chi connectivity index (χ1) is 9.56. The predicted octanol–water partition coefficient (Wildman–Crippen LogP) is 3.85. The highest BCUT2D eigenvalue weighted by Gasteiger charge is 2.70. The van der Waals surface area contributed by atoms with Crippen LogP contribution in [0, 0.1) is 0 Å². The molecule has 0 aromatic rings. The van der Waals surface area contributed by atoms with Gasteiger partial charge >= 0.3 is 12.4 Å². The molecule has 0 amide bonds. The average molecular weight is 358 g/mol. The first kappa shape index (κ1) is 23.9. The summed E-state index contributed by atoms with van der Waals surface area (Å²) >= 11 is 0. The SMILES string of the molecule is CCOCCOCC(O)(C(F)(F)F)C(F)(F)F.C[Si](C)(C)C. The van der Waals surface area contributed by atoms with E-state index in [-0.39, 0.29) is 13.2 Å². The van der Waals surface area contributed by atoms with Crippen LogP contribution in [0.15, 0.2) is 0 Å². The number of hydrogen-bond acceptors (Lipinski definition) is 3.